The Morgan fingerprint density at radius 2 is 1.50 bits per heavy atom. The van der Waals surface area contributed by atoms with Crippen molar-refractivity contribution in [2.24, 2.45) is 5.92 Å². The molecular weight excluding hydrogens is 367 g/mol. The number of halogens is 3. The van der Waals surface area contributed by atoms with Gasteiger partial charge in [0.05, 0.1) is 10.9 Å². The molecule has 0 fully saturated rings. The highest BCUT2D eigenvalue weighted by molar-refractivity contribution is 7.91. The van der Waals surface area contributed by atoms with Crippen LogP contribution in [0.1, 0.15) is 35.8 Å². The molecule has 140 valence electrons. The Morgan fingerprint density at radius 1 is 0.962 bits per heavy atom. The molecule has 0 spiro atoms. The molecule has 8 heteroatoms. The van der Waals surface area contributed by atoms with Crippen molar-refractivity contribution in [2.45, 2.75) is 30.5 Å². The van der Waals surface area contributed by atoms with Gasteiger partial charge in [0.15, 0.2) is 0 Å². The van der Waals surface area contributed by atoms with E-state index >= 15 is 0 Å². The summed E-state index contributed by atoms with van der Waals surface area (Å²) in [5.74, 6) is -4.40. The molecule has 1 N–H and O–H groups in total. The molecule has 4 nitrogen and oxygen atoms in total. The molecule has 0 radical (unpaired) electrons. The Hall–Kier alpha value is -2.35. The van der Waals surface area contributed by atoms with Gasteiger partial charge in [-0.1, -0.05) is 26.0 Å². The smallest absolute Gasteiger partial charge is 0.341 e. The van der Waals surface area contributed by atoms with Gasteiger partial charge in [-0.15, -0.1) is 0 Å². The number of hydrogen-bond acceptors (Lipinski definition) is 3. The van der Waals surface area contributed by atoms with E-state index in [1.54, 1.807) is 12.1 Å². The van der Waals surface area contributed by atoms with Gasteiger partial charge in [0.1, 0.15) is 5.82 Å². The van der Waals surface area contributed by atoms with E-state index in [1.165, 1.54) is 24.3 Å². The van der Waals surface area contributed by atoms with Crippen molar-refractivity contribution in [2.75, 3.05) is 0 Å². The average molecular weight is 385 g/mol. The molecule has 26 heavy (non-hydrogen) atoms. The minimum atomic E-state index is -4.70. The Kier molecular flexibility index (Phi) is 6.07. The number of carbonyl (C=O) groups is 1. The second-order valence-corrected chi connectivity index (χ2v) is 7.99. The Balaban J connectivity index is 2.21. The second-order valence-electron chi connectivity index (χ2n) is 6.08. The first-order chi connectivity index (χ1) is 12.1. The van der Waals surface area contributed by atoms with Gasteiger partial charge < -0.3 is 5.32 Å². The monoisotopic (exact) mass is 385 g/mol. The van der Waals surface area contributed by atoms with E-state index in [0.29, 0.717) is 5.56 Å². The summed E-state index contributed by atoms with van der Waals surface area (Å²) < 4.78 is 61.0. The molecule has 0 heterocycles. The summed E-state index contributed by atoms with van der Waals surface area (Å²) in [4.78, 5) is 11.9. The lowest BCUT2D eigenvalue weighted by Crippen LogP contribution is -2.31. The number of hydrogen-bond donors (Lipinski definition) is 1. The molecule has 0 unspecified atom stereocenters. The van der Waals surface area contributed by atoms with Crippen LogP contribution in [0.4, 0.5) is 13.2 Å². The zero-order valence-electron chi connectivity index (χ0n) is 14.1. The van der Waals surface area contributed by atoms with Crippen molar-refractivity contribution in [3.8, 4) is 0 Å². The predicted octanol–water partition coefficient (Wildman–Crippen LogP) is 3.95. The number of alkyl halides is 2. The first kappa shape index (κ1) is 20.0. The summed E-state index contributed by atoms with van der Waals surface area (Å²) in [5.41, 5.74) is 0.845. The van der Waals surface area contributed by atoms with Crippen LogP contribution < -0.4 is 5.32 Å². The maximum absolute atomic E-state index is 13.1. The molecule has 1 amide bonds. The molecule has 1 atom stereocenters. The predicted molar refractivity (Wildman–Crippen MR) is 91.1 cm³/mol. The third-order valence-electron chi connectivity index (χ3n) is 3.86. The highest BCUT2D eigenvalue weighted by Crippen LogP contribution is 2.23. The minimum absolute atomic E-state index is 0.00268. The first-order valence-electron chi connectivity index (χ1n) is 7.81. The second kappa shape index (κ2) is 7.90. The van der Waals surface area contributed by atoms with E-state index in [-0.39, 0.29) is 11.5 Å². The lowest BCUT2D eigenvalue weighted by Gasteiger charge is -2.23. The third-order valence-corrected chi connectivity index (χ3v) is 5.26. The van der Waals surface area contributed by atoms with Gasteiger partial charge in [-0.2, -0.15) is 8.78 Å². The topological polar surface area (TPSA) is 63.2 Å². The summed E-state index contributed by atoms with van der Waals surface area (Å²) in [7, 11) is -4.70. The fourth-order valence-electron chi connectivity index (χ4n) is 2.43. The molecule has 2 rings (SSSR count). The molecule has 2 aromatic rings. The standard InChI is InChI=1S/C18H18F3NO3S/c1-11(2)16(12-3-7-14(19)8-4-12)22-17(23)13-5-9-15(10-6-13)26(24,25)18(20)21/h3-11,16,18H,1-2H3,(H,22,23)/t16-/m0/s1. The normalized spacial score (nSPS) is 13.0. The van der Waals surface area contributed by atoms with Gasteiger partial charge in [-0.3, -0.25) is 4.79 Å². The van der Waals surface area contributed by atoms with Crippen molar-refractivity contribution in [1.29, 1.82) is 0 Å². The van der Waals surface area contributed by atoms with Gasteiger partial charge >= 0.3 is 5.76 Å². The number of sulfone groups is 1. The van der Waals surface area contributed by atoms with Gasteiger partial charge in [-0.25, -0.2) is 12.8 Å². The molecule has 0 saturated carbocycles. The van der Waals surface area contributed by atoms with Crippen LogP contribution in [-0.4, -0.2) is 20.1 Å². The molecule has 0 aliphatic rings. The summed E-state index contributed by atoms with van der Waals surface area (Å²) >= 11 is 0. The number of rotatable bonds is 6. The van der Waals surface area contributed by atoms with E-state index in [9.17, 15) is 26.4 Å². The van der Waals surface area contributed by atoms with Crippen LogP contribution in [0.25, 0.3) is 0 Å². The lowest BCUT2D eigenvalue weighted by atomic mass is 9.95. The van der Waals surface area contributed by atoms with Gasteiger partial charge in [0.2, 0.25) is 9.84 Å². The molecule has 2 aromatic carbocycles. The minimum Gasteiger partial charge on any atom is -0.345 e. The van der Waals surface area contributed by atoms with Crippen LogP contribution >= 0.6 is 0 Å². The molecule has 0 aliphatic carbocycles. The quantitative estimate of drug-likeness (QED) is 0.819. The zero-order chi connectivity index (χ0) is 19.5. The third kappa shape index (κ3) is 4.43. The van der Waals surface area contributed by atoms with Crippen LogP contribution in [0.15, 0.2) is 53.4 Å². The van der Waals surface area contributed by atoms with Crippen molar-refractivity contribution in [3.05, 3.63) is 65.5 Å². The fraction of sp³-hybridized carbons (Fsp3) is 0.278. The Labute approximate surface area is 150 Å². The molecular formula is C18H18F3NO3S. The molecule has 0 aliphatic heterocycles. The summed E-state index contributed by atoms with van der Waals surface area (Å²) in [6.07, 6.45) is 0. The number of benzene rings is 2. The zero-order valence-corrected chi connectivity index (χ0v) is 14.9. The van der Waals surface area contributed by atoms with Gasteiger partial charge in [-0.05, 0) is 47.9 Å². The summed E-state index contributed by atoms with van der Waals surface area (Å²) in [5, 5.41) is 2.79. The van der Waals surface area contributed by atoms with Crippen LogP contribution in [0.3, 0.4) is 0 Å². The molecule has 0 saturated heterocycles. The van der Waals surface area contributed by atoms with E-state index in [2.05, 4.69) is 5.32 Å². The number of nitrogens with one attached hydrogen (secondary N) is 1. The first-order valence-corrected chi connectivity index (χ1v) is 9.36. The molecule has 0 bridgehead atoms. The fourth-order valence-corrected chi connectivity index (χ4v) is 3.15. The number of amides is 1. The van der Waals surface area contributed by atoms with Crippen molar-refractivity contribution >= 4 is 15.7 Å². The van der Waals surface area contributed by atoms with Crippen LogP contribution in [-0.2, 0) is 9.84 Å². The van der Waals surface area contributed by atoms with Crippen molar-refractivity contribution in [3.63, 3.8) is 0 Å². The van der Waals surface area contributed by atoms with Crippen molar-refractivity contribution < 1.29 is 26.4 Å². The highest BCUT2D eigenvalue weighted by Gasteiger charge is 2.27. The van der Waals surface area contributed by atoms with Crippen molar-refractivity contribution in [1.82, 2.24) is 5.32 Å². The SMILES string of the molecule is CC(C)[C@H](NC(=O)c1ccc(S(=O)(=O)C(F)F)cc1)c1ccc(F)cc1. The largest absolute Gasteiger partial charge is 0.345 e. The average Bonchev–Trinajstić information content (AvgIpc) is 2.60. The van der Waals surface area contributed by atoms with E-state index in [1.807, 2.05) is 13.8 Å². The lowest BCUT2D eigenvalue weighted by molar-refractivity contribution is 0.0925. The molecule has 0 aromatic heterocycles. The van der Waals surface area contributed by atoms with Gasteiger partial charge in [0, 0.05) is 5.56 Å². The van der Waals surface area contributed by atoms with Crippen LogP contribution in [0.2, 0.25) is 0 Å². The number of carbonyl (C=O) groups excluding carboxylic acids is 1. The Morgan fingerprint density at radius 3 is 1.96 bits per heavy atom. The van der Waals surface area contributed by atoms with E-state index in [0.717, 1.165) is 12.1 Å². The van der Waals surface area contributed by atoms with Crippen LogP contribution in [0.5, 0.6) is 0 Å². The van der Waals surface area contributed by atoms with E-state index in [4.69, 9.17) is 0 Å². The van der Waals surface area contributed by atoms with Crippen LogP contribution in [0, 0.1) is 11.7 Å². The Bertz CT molecular complexity index is 864. The maximum atomic E-state index is 13.1. The highest BCUT2D eigenvalue weighted by atomic mass is 32.2. The van der Waals surface area contributed by atoms with Gasteiger partial charge in [0.25, 0.3) is 5.91 Å². The maximum Gasteiger partial charge on any atom is 0.341 e. The van der Waals surface area contributed by atoms with E-state index < -0.39 is 38.3 Å². The summed E-state index contributed by atoms with van der Waals surface area (Å²) in [6.45, 7) is 3.76. The summed E-state index contributed by atoms with van der Waals surface area (Å²) in [6, 6.07) is 9.61.